The van der Waals surface area contributed by atoms with Crippen LogP contribution >= 0.6 is 0 Å². The van der Waals surface area contributed by atoms with Crippen molar-refractivity contribution in [2.45, 2.75) is 26.3 Å². The predicted octanol–water partition coefficient (Wildman–Crippen LogP) is 4.34. The van der Waals surface area contributed by atoms with Gasteiger partial charge in [-0.3, -0.25) is 0 Å². The zero-order chi connectivity index (χ0) is 13.8. The maximum atomic E-state index is 13.0. The Kier molecular flexibility index (Phi) is 4.17. The molecule has 2 aromatic rings. The molecule has 0 saturated heterocycles. The molecule has 0 unspecified atom stereocenters. The van der Waals surface area contributed by atoms with Gasteiger partial charge in [-0.15, -0.1) is 0 Å². The molecule has 0 saturated carbocycles. The third-order valence-electron chi connectivity index (χ3n) is 3.11. The predicted molar refractivity (Wildman–Crippen MR) is 74.9 cm³/mol. The zero-order valence-electron chi connectivity index (χ0n) is 11.2. The maximum Gasteiger partial charge on any atom is 0.130 e. The number of halogens is 1. The summed E-state index contributed by atoms with van der Waals surface area (Å²) < 4.78 is 18.7. The highest BCUT2D eigenvalue weighted by atomic mass is 19.1. The molecule has 2 N–H and O–H groups in total. The molecule has 19 heavy (non-hydrogen) atoms. The molecule has 0 amide bonds. The van der Waals surface area contributed by atoms with Gasteiger partial charge in [0.1, 0.15) is 17.3 Å². The Labute approximate surface area is 113 Å². The molecule has 0 spiro atoms. The van der Waals surface area contributed by atoms with Crippen molar-refractivity contribution in [2.75, 3.05) is 0 Å². The van der Waals surface area contributed by atoms with E-state index in [1.54, 1.807) is 6.07 Å². The summed E-state index contributed by atoms with van der Waals surface area (Å²) in [5, 5.41) is 0. The van der Waals surface area contributed by atoms with Gasteiger partial charge in [0.05, 0.1) is 0 Å². The first kappa shape index (κ1) is 13.6. The first-order valence-corrected chi connectivity index (χ1v) is 6.39. The van der Waals surface area contributed by atoms with Crippen LogP contribution in [0.2, 0.25) is 0 Å². The van der Waals surface area contributed by atoms with Crippen LogP contribution in [-0.4, -0.2) is 0 Å². The summed E-state index contributed by atoms with van der Waals surface area (Å²) in [5.41, 5.74) is 7.82. The molecule has 2 nitrogen and oxygen atoms in total. The number of aryl methyl sites for hydroxylation is 1. The van der Waals surface area contributed by atoms with Gasteiger partial charge in [0.15, 0.2) is 0 Å². The average Bonchev–Trinajstić information content (AvgIpc) is 2.42. The molecule has 1 atom stereocenters. The van der Waals surface area contributed by atoms with Crippen molar-refractivity contribution in [3.63, 3.8) is 0 Å². The molecule has 0 aliphatic heterocycles. The molecule has 0 fully saturated rings. The minimum absolute atomic E-state index is 0.0570. The van der Waals surface area contributed by atoms with Crippen LogP contribution in [0.5, 0.6) is 11.5 Å². The SMILES string of the molecule is CC[C@H](N)c1ccc(Oc2ccc(F)cc2C)cc1. The average molecular weight is 259 g/mol. The summed E-state index contributed by atoms with van der Waals surface area (Å²) in [6.07, 6.45) is 0.900. The Balaban J connectivity index is 2.15. The van der Waals surface area contributed by atoms with Crippen LogP contribution in [0.4, 0.5) is 4.39 Å². The van der Waals surface area contributed by atoms with E-state index in [-0.39, 0.29) is 11.9 Å². The number of hydrogen-bond donors (Lipinski definition) is 1. The Morgan fingerprint density at radius 1 is 1.16 bits per heavy atom. The normalized spacial score (nSPS) is 12.2. The summed E-state index contributed by atoms with van der Waals surface area (Å²) in [6.45, 7) is 3.87. The van der Waals surface area contributed by atoms with E-state index in [1.165, 1.54) is 12.1 Å². The number of benzene rings is 2. The summed E-state index contributed by atoms with van der Waals surface area (Å²) in [5.74, 6) is 1.13. The Hall–Kier alpha value is -1.87. The highest BCUT2D eigenvalue weighted by molar-refractivity contribution is 5.38. The smallest absolute Gasteiger partial charge is 0.130 e. The fraction of sp³-hybridized carbons (Fsp3) is 0.250. The summed E-state index contributed by atoms with van der Waals surface area (Å²) in [7, 11) is 0. The van der Waals surface area contributed by atoms with Gasteiger partial charge in [0.25, 0.3) is 0 Å². The second-order valence-electron chi connectivity index (χ2n) is 4.60. The van der Waals surface area contributed by atoms with Crippen molar-refractivity contribution in [1.82, 2.24) is 0 Å². The largest absolute Gasteiger partial charge is 0.457 e. The molecule has 2 aromatic carbocycles. The van der Waals surface area contributed by atoms with E-state index in [0.29, 0.717) is 5.75 Å². The lowest BCUT2D eigenvalue weighted by Crippen LogP contribution is -2.08. The number of rotatable bonds is 4. The molecule has 0 radical (unpaired) electrons. The molecular formula is C16H18FNO. The lowest BCUT2D eigenvalue weighted by Gasteiger charge is -2.11. The highest BCUT2D eigenvalue weighted by Gasteiger charge is 2.05. The molecule has 0 aliphatic rings. The summed E-state index contributed by atoms with van der Waals surface area (Å²) in [6, 6.07) is 12.2. The van der Waals surface area contributed by atoms with Gasteiger partial charge in [-0.2, -0.15) is 0 Å². The molecule has 100 valence electrons. The van der Waals surface area contributed by atoms with E-state index >= 15 is 0 Å². The Morgan fingerprint density at radius 3 is 2.42 bits per heavy atom. The van der Waals surface area contributed by atoms with Gasteiger partial charge in [-0.25, -0.2) is 4.39 Å². The molecule has 0 aliphatic carbocycles. The second-order valence-corrected chi connectivity index (χ2v) is 4.60. The fourth-order valence-corrected chi connectivity index (χ4v) is 1.87. The van der Waals surface area contributed by atoms with Gasteiger partial charge in [-0.05, 0) is 54.8 Å². The Bertz CT molecular complexity index is 551. The van der Waals surface area contributed by atoms with Crippen LogP contribution in [0, 0.1) is 12.7 Å². The lowest BCUT2D eigenvalue weighted by molar-refractivity contribution is 0.476. The van der Waals surface area contributed by atoms with E-state index in [9.17, 15) is 4.39 Å². The van der Waals surface area contributed by atoms with Crippen LogP contribution in [0.1, 0.15) is 30.5 Å². The second kappa shape index (κ2) is 5.85. The van der Waals surface area contributed by atoms with Gasteiger partial charge in [0.2, 0.25) is 0 Å². The minimum atomic E-state index is -0.255. The maximum absolute atomic E-state index is 13.0. The van der Waals surface area contributed by atoms with E-state index in [0.717, 1.165) is 23.3 Å². The standard InChI is InChI=1S/C16H18FNO/c1-3-15(18)12-4-7-14(8-5-12)19-16-9-6-13(17)10-11(16)2/h4-10,15H,3,18H2,1-2H3/t15-/m0/s1. The van der Waals surface area contributed by atoms with Gasteiger partial charge >= 0.3 is 0 Å². The van der Waals surface area contributed by atoms with E-state index < -0.39 is 0 Å². The van der Waals surface area contributed by atoms with Crippen LogP contribution in [0.3, 0.4) is 0 Å². The number of nitrogens with two attached hydrogens (primary N) is 1. The van der Waals surface area contributed by atoms with Crippen molar-refractivity contribution in [2.24, 2.45) is 5.73 Å². The first-order chi connectivity index (χ1) is 9.10. The van der Waals surface area contributed by atoms with Crippen molar-refractivity contribution in [3.8, 4) is 11.5 Å². The van der Waals surface area contributed by atoms with E-state index in [4.69, 9.17) is 10.5 Å². The monoisotopic (exact) mass is 259 g/mol. The van der Waals surface area contributed by atoms with Crippen LogP contribution in [0.15, 0.2) is 42.5 Å². The van der Waals surface area contributed by atoms with Crippen molar-refractivity contribution in [1.29, 1.82) is 0 Å². The van der Waals surface area contributed by atoms with Gasteiger partial charge in [-0.1, -0.05) is 19.1 Å². The summed E-state index contributed by atoms with van der Waals surface area (Å²) >= 11 is 0. The molecule has 0 heterocycles. The van der Waals surface area contributed by atoms with E-state index in [1.807, 2.05) is 31.2 Å². The van der Waals surface area contributed by atoms with Gasteiger partial charge < -0.3 is 10.5 Å². The van der Waals surface area contributed by atoms with Gasteiger partial charge in [0, 0.05) is 6.04 Å². The van der Waals surface area contributed by atoms with Crippen LogP contribution < -0.4 is 10.5 Å². The topological polar surface area (TPSA) is 35.2 Å². The number of hydrogen-bond acceptors (Lipinski definition) is 2. The van der Waals surface area contributed by atoms with Crippen LogP contribution in [-0.2, 0) is 0 Å². The molecule has 0 aromatic heterocycles. The van der Waals surface area contributed by atoms with Crippen LogP contribution in [0.25, 0.3) is 0 Å². The molecule has 2 rings (SSSR count). The molecular weight excluding hydrogens is 241 g/mol. The first-order valence-electron chi connectivity index (χ1n) is 6.39. The zero-order valence-corrected chi connectivity index (χ0v) is 11.2. The third kappa shape index (κ3) is 3.32. The fourth-order valence-electron chi connectivity index (χ4n) is 1.87. The highest BCUT2D eigenvalue weighted by Crippen LogP contribution is 2.26. The lowest BCUT2D eigenvalue weighted by atomic mass is 10.1. The quantitative estimate of drug-likeness (QED) is 0.886. The molecule has 0 bridgehead atoms. The minimum Gasteiger partial charge on any atom is -0.457 e. The number of ether oxygens (including phenoxy) is 1. The van der Waals surface area contributed by atoms with Crippen molar-refractivity contribution >= 4 is 0 Å². The molecule has 3 heteroatoms. The van der Waals surface area contributed by atoms with Crippen molar-refractivity contribution < 1.29 is 9.13 Å². The van der Waals surface area contributed by atoms with Crippen molar-refractivity contribution in [3.05, 3.63) is 59.4 Å². The summed E-state index contributed by atoms with van der Waals surface area (Å²) in [4.78, 5) is 0. The van der Waals surface area contributed by atoms with E-state index in [2.05, 4.69) is 6.92 Å². The Morgan fingerprint density at radius 2 is 1.84 bits per heavy atom. The third-order valence-corrected chi connectivity index (χ3v) is 3.11.